The Morgan fingerprint density at radius 1 is 1.25 bits per heavy atom. The maximum absolute atomic E-state index is 13.4. The second-order valence-electron chi connectivity index (χ2n) is 4.66. The molecule has 3 heterocycles. The molecule has 1 unspecified atom stereocenters. The van der Waals surface area contributed by atoms with Crippen LogP contribution < -0.4 is 0 Å². The van der Waals surface area contributed by atoms with Gasteiger partial charge >= 0.3 is 0 Å². The maximum atomic E-state index is 13.4. The first kappa shape index (κ1) is 16.4. The second-order valence-corrected chi connectivity index (χ2v) is 5.02. The third kappa shape index (κ3) is 3.23. The number of rotatable bonds is 5. The molecule has 3 rings (SSSR count). The van der Waals surface area contributed by atoms with E-state index in [-0.39, 0.29) is 22.9 Å². The molecule has 6 nitrogen and oxygen atoms in total. The molecule has 0 radical (unpaired) electrons. The van der Waals surface area contributed by atoms with Crippen molar-refractivity contribution in [1.82, 2.24) is 24.9 Å². The third-order valence-electron chi connectivity index (χ3n) is 3.03. The van der Waals surface area contributed by atoms with Crippen molar-refractivity contribution in [3.8, 4) is 22.9 Å². The fourth-order valence-electron chi connectivity index (χ4n) is 1.93. The lowest BCUT2D eigenvalue weighted by molar-refractivity contribution is 0.0390. The molecule has 0 aliphatic rings. The highest BCUT2D eigenvalue weighted by atomic mass is 35.5. The minimum atomic E-state index is -3.17. The summed E-state index contributed by atoms with van der Waals surface area (Å²) in [5.41, 5.74) is 0.561. The highest BCUT2D eigenvalue weighted by Gasteiger charge is 2.24. The minimum Gasteiger partial charge on any atom is -0.364 e. The molecule has 24 heavy (non-hydrogen) atoms. The summed E-state index contributed by atoms with van der Waals surface area (Å²) in [6, 6.07) is 2.84. The quantitative estimate of drug-likeness (QED) is 0.514. The van der Waals surface area contributed by atoms with Gasteiger partial charge in [0.05, 0.1) is 18.4 Å². The van der Waals surface area contributed by atoms with Crippen molar-refractivity contribution in [2.75, 3.05) is 0 Å². The maximum Gasteiger partial charge on any atom is 0.271 e. The van der Waals surface area contributed by atoms with Crippen LogP contribution in [-0.4, -0.2) is 37.5 Å². The molecule has 0 amide bonds. The van der Waals surface area contributed by atoms with Crippen molar-refractivity contribution < 1.29 is 22.1 Å². The van der Waals surface area contributed by atoms with E-state index in [0.29, 0.717) is 0 Å². The molecule has 11 heteroatoms. The largest absolute Gasteiger partial charge is 0.364 e. The van der Waals surface area contributed by atoms with E-state index >= 15 is 0 Å². The minimum absolute atomic E-state index is 0.0441. The Balaban J connectivity index is 2.04. The van der Waals surface area contributed by atoms with Crippen molar-refractivity contribution in [2.45, 2.75) is 19.1 Å². The van der Waals surface area contributed by atoms with Gasteiger partial charge < -0.3 is 4.52 Å². The molecule has 0 saturated carbocycles. The molecule has 0 saturated heterocycles. The predicted octanol–water partition coefficient (Wildman–Crippen LogP) is 3.39. The summed E-state index contributed by atoms with van der Waals surface area (Å²) in [6.07, 6.45) is -3.49. The van der Waals surface area contributed by atoms with Crippen LogP contribution >= 0.6 is 11.6 Å². The molecule has 126 valence electrons. The van der Waals surface area contributed by atoms with Crippen LogP contribution in [0.1, 0.15) is 0 Å². The molecule has 3 aromatic heterocycles. The summed E-state index contributed by atoms with van der Waals surface area (Å²) < 4.78 is 57.2. The fourth-order valence-corrected chi connectivity index (χ4v) is 2.06. The fraction of sp³-hybridized carbons (Fsp3) is 0.231. The van der Waals surface area contributed by atoms with Crippen LogP contribution in [0.3, 0.4) is 0 Å². The smallest absolute Gasteiger partial charge is 0.271 e. The Kier molecular flexibility index (Phi) is 4.47. The topological polar surface area (TPSA) is 69.6 Å². The van der Waals surface area contributed by atoms with Crippen LogP contribution in [-0.2, 0) is 6.54 Å². The van der Waals surface area contributed by atoms with Gasteiger partial charge in [0.1, 0.15) is 17.7 Å². The molecule has 3 aromatic rings. The van der Waals surface area contributed by atoms with Crippen LogP contribution in [0.15, 0.2) is 29.1 Å². The first-order chi connectivity index (χ1) is 11.5. The van der Waals surface area contributed by atoms with Gasteiger partial charge in [-0.2, -0.15) is 5.10 Å². The van der Waals surface area contributed by atoms with Gasteiger partial charge in [0, 0.05) is 6.07 Å². The SMILES string of the molecule is Fc1cnc(-c2cc(-c3ccon3)n(CC(F)C(F)F)n2)nc1Cl. The van der Waals surface area contributed by atoms with E-state index in [2.05, 4.69) is 20.2 Å². The number of hydrogen-bond donors (Lipinski definition) is 0. The lowest BCUT2D eigenvalue weighted by Crippen LogP contribution is -2.21. The Morgan fingerprint density at radius 3 is 2.67 bits per heavy atom. The lowest BCUT2D eigenvalue weighted by Gasteiger charge is -2.09. The summed E-state index contributed by atoms with van der Waals surface area (Å²) in [6.45, 7) is -0.714. The third-order valence-corrected chi connectivity index (χ3v) is 3.30. The lowest BCUT2D eigenvalue weighted by atomic mass is 10.2. The van der Waals surface area contributed by atoms with Gasteiger partial charge in [0.2, 0.25) is 0 Å². The van der Waals surface area contributed by atoms with Crippen LogP contribution in [0, 0.1) is 5.82 Å². The average Bonchev–Trinajstić information content (AvgIpc) is 3.19. The van der Waals surface area contributed by atoms with Crippen molar-refractivity contribution >= 4 is 11.6 Å². The highest BCUT2D eigenvalue weighted by Crippen LogP contribution is 2.25. The Bertz CT molecular complexity index is 839. The van der Waals surface area contributed by atoms with Gasteiger partial charge in [0.25, 0.3) is 6.43 Å². The molecule has 0 N–H and O–H groups in total. The van der Waals surface area contributed by atoms with Crippen molar-refractivity contribution in [3.63, 3.8) is 0 Å². The molecule has 0 aromatic carbocycles. The van der Waals surface area contributed by atoms with E-state index in [1.807, 2.05) is 0 Å². The van der Waals surface area contributed by atoms with Crippen LogP contribution in [0.2, 0.25) is 5.15 Å². The molecular weight excluding hydrogens is 354 g/mol. The molecule has 0 aliphatic heterocycles. The van der Waals surface area contributed by atoms with E-state index in [1.54, 1.807) is 0 Å². The zero-order valence-corrected chi connectivity index (χ0v) is 12.5. The molecule has 0 aliphatic carbocycles. The van der Waals surface area contributed by atoms with Crippen LogP contribution in [0.25, 0.3) is 22.9 Å². The van der Waals surface area contributed by atoms with Gasteiger partial charge in [-0.15, -0.1) is 0 Å². The number of aromatic nitrogens is 5. The first-order valence-electron chi connectivity index (χ1n) is 6.55. The highest BCUT2D eigenvalue weighted by molar-refractivity contribution is 6.29. The molecule has 0 fully saturated rings. The number of alkyl halides is 3. The van der Waals surface area contributed by atoms with Gasteiger partial charge in [-0.3, -0.25) is 4.68 Å². The van der Waals surface area contributed by atoms with E-state index in [0.717, 1.165) is 10.9 Å². The standard InChI is InChI=1S/C13H8ClF4N5O/c14-11-6(15)4-19-13(20-11)9-3-10(8-1-2-24-22-8)23(21-9)5-7(16)12(17)18/h1-4,7,12H,5H2. The van der Waals surface area contributed by atoms with Crippen molar-refractivity contribution in [3.05, 3.63) is 35.6 Å². The van der Waals surface area contributed by atoms with Crippen LogP contribution in [0.4, 0.5) is 17.6 Å². The summed E-state index contributed by atoms with van der Waals surface area (Å²) in [5, 5.41) is 7.23. The monoisotopic (exact) mass is 361 g/mol. The van der Waals surface area contributed by atoms with Gasteiger partial charge in [-0.25, -0.2) is 27.5 Å². The predicted molar refractivity (Wildman–Crippen MR) is 74.6 cm³/mol. The number of hydrogen-bond acceptors (Lipinski definition) is 5. The van der Waals surface area contributed by atoms with E-state index < -0.39 is 30.1 Å². The number of halogens is 5. The first-order valence-corrected chi connectivity index (χ1v) is 6.92. The average molecular weight is 362 g/mol. The van der Waals surface area contributed by atoms with Gasteiger partial charge in [-0.05, 0) is 6.07 Å². The zero-order chi connectivity index (χ0) is 17.3. The summed E-state index contributed by atoms with van der Waals surface area (Å²) in [7, 11) is 0. The Morgan fingerprint density at radius 2 is 2.04 bits per heavy atom. The normalized spacial score (nSPS) is 12.8. The van der Waals surface area contributed by atoms with E-state index in [4.69, 9.17) is 16.1 Å². The molecule has 1 atom stereocenters. The van der Waals surface area contributed by atoms with Gasteiger partial charge in [-0.1, -0.05) is 16.8 Å². The summed E-state index contributed by atoms with van der Waals surface area (Å²) in [5.74, 6) is -0.865. The number of nitrogens with zero attached hydrogens (tertiary/aromatic N) is 5. The van der Waals surface area contributed by atoms with E-state index in [1.165, 1.54) is 18.4 Å². The molecule has 0 spiro atoms. The summed E-state index contributed by atoms with van der Waals surface area (Å²) in [4.78, 5) is 7.44. The second kappa shape index (κ2) is 6.56. The van der Waals surface area contributed by atoms with E-state index in [9.17, 15) is 17.6 Å². The zero-order valence-electron chi connectivity index (χ0n) is 11.7. The summed E-state index contributed by atoms with van der Waals surface area (Å²) >= 11 is 5.59. The Labute approximate surface area is 137 Å². The van der Waals surface area contributed by atoms with Gasteiger partial charge in [0.15, 0.2) is 23.0 Å². The van der Waals surface area contributed by atoms with Crippen molar-refractivity contribution in [2.24, 2.45) is 0 Å². The Hall–Kier alpha value is -2.49. The molecule has 0 bridgehead atoms. The molecular formula is C13H8ClF4N5O. The van der Waals surface area contributed by atoms with Crippen molar-refractivity contribution in [1.29, 1.82) is 0 Å². The van der Waals surface area contributed by atoms with Crippen LogP contribution in [0.5, 0.6) is 0 Å².